The normalized spacial score (nSPS) is 23.6. The smallest absolute Gasteiger partial charge is 0.410 e. The fourth-order valence-electron chi connectivity index (χ4n) is 6.08. The van der Waals surface area contributed by atoms with E-state index in [1.807, 2.05) is 24.8 Å². The molecule has 192 valence electrons. The van der Waals surface area contributed by atoms with Gasteiger partial charge in [-0.25, -0.2) is 4.79 Å². The summed E-state index contributed by atoms with van der Waals surface area (Å²) in [5.41, 5.74) is 1.53. The summed E-state index contributed by atoms with van der Waals surface area (Å²) in [6.45, 7) is 7.78. The van der Waals surface area contributed by atoms with E-state index < -0.39 is 4.92 Å². The Labute approximate surface area is 210 Å². The van der Waals surface area contributed by atoms with Gasteiger partial charge in [0.05, 0.1) is 24.1 Å². The van der Waals surface area contributed by atoms with Crippen LogP contribution in [0.2, 0.25) is 0 Å². The average molecular weight is 496 g/mol. The molecule has 1 spiro atoms. The summed E-state index contributed by atoms with van der Waals surface area (Å²) in [5.74, 6) is 0.576. The second-order valence-corrected chi connectivity index (χ2v) is 10.5. The van der Waals surface area contributed by atoms with Crippen LogP contribution in [-0.2, 0) is 11.3 Å². The minimum Gasteiger partial charge on any atom is -0.481 e. The number of methoxy groups -OCH3 is 1. The lowest BCUT2D eigenvalue weighted by atomic mass is 9.61. The number of hydrogen-bond acceptors (Lipinski definition) is 8. The second kappa shape index (κ2) is 9.57. The lowest BCUT2D eigenvalue weighted by Gasteiger charge is -2.58. The number of hydrogen-bond donors (Lipinski definition) is 0. The third kappa shape index (κ3) is 4.69. The fourth-order valence-corrected chi connectivity index (χ4v) is 6.08. The largest absolute Gasteiger partial charge is 0.481 e. The van der Waals surface area contributed by atoms with Gasteiger partial charge in [0.1, 0.15) is 6.10 Å². The van der Waals surface area contributed by atoms with Crippen LogP contribution in [0.4, 0.5) is 16.3 Å². The highest BCUT2D eigenvalue weighted by molar-refractivity contribution is 5.70. The van der Waals surface area contributed by atoms with Gasteiger partial charge in [0, 0.05) is 50.3 Å². The minimum atomic E-state index is -0.439. The van der Waals surface area contributed by atoms with E-state index in [0.29, 0.717) is 19.0 Å². The lowest BCUT2D eigenvalue weighted by Crippen LogP contribution is -2.65. The molecule has 0 bridgehead atoms. The van der Waals surface area contributed by atoms with Gasteiger partial charge in [-0.3, -0.25) is 19.9 Å². The van der Waals surface area contributed by atoms with E-state index in [2.05, 4.69) is 34.1 Å². The first kappa shape index (κ1) is 24.3. The summed E-state index contributed by atoms with van der Waals surface area (Å²) in [7, 11) is 1.48. The summed E-state index contributed by atoms with van der Waals surface area (Å²) in [6, 6.07) is 13.0. The molecule has 1 aromatic carbocycles. The van der Waals surface area contributed by atoms with Crippen LogP contribution in [0, 0.1) is 15.5 Å². The molecule has 2 aromatic rings. The third-order valence-corrected chi connectivity index (χ3v) is 7.62. The summed E-state index contributed by atoms with van der Waals surface area (Å²) in [6.07, 6.45) is 1.47. The predicted octanol–water partition coefficient (Wildman–Crippen LogP) is 3.70. The van der Waals surface area contributed by atoms with Crippen molar-refractivity contribution in [3.63, 3.8) is 0 Å². The molecule has 3 fully saturated rings. The highest BCUT2D eigenvalue weighted by atomic mass is 16.6. The van der Waals surface area contributed by atoms with Gasteiger partial charge in [-0.2, -0.15) is 4.98 Å². The van der Waals surface area contributed by atoms with Crippen LogP contribution in [0.5, 0.6) is 5.88 Å². The number of amides is 1. The molecule has 0 unspecified atom stereocenters. The van der Waals surface area contributed by atoms with Crippen molar-refractivity contribution in [1.29, 1.82) is 0 Å². The number of nitrogens with zero attached hydrogens (tertiary/aromatic N) is 5. The summed E-state index contributed by atoms with van der Waals surface area (Å²) in [4.78, 5) is 34.6. The van der Waals surface area contributed by atoms with Crippen LogP contribution >= 0.6 is 0 Å². The van der Waals surface area contributed by atoms with E-state index in [9.17, 15) is 14.9 Å². The molecule has 1 aromatic heterocycles. The number of likely N-dealkylation sites (tertiary alicyclic amines) is 1. The maximum Gasteiger partial charge on any atom is 0.410 e. The Balaban J connectivity index is 1.14. The topological polar surface area (TPSA) is 101 Å². The first-order valence-corrected chi connectivity index (χ1v) is 12.5. The van der Waals surface area contributed by atoms with Crippen molar-refractivity contribution in [1.82, 2.24) is 14.8 Å². The Morgan fingerprint density at radius 1 is 1.11 bits per heavy atom. The van der Waals surface area contributed by atoms with E-state index >= 15 is 0 Å². The molecule has 2 saturated heterocycles. The van der Waals surface area contributed by atoms with Gasteiger partial charge in [-0.1, -0.05) is 30.3 Å². The number of carbonyl (C=O) groups excluding carboxylic acids is 1. The maximum absolute atomic E-state index is 13.1. The molecule has 0 N–H and O–H groups in total. The van der Waals surface area contributed by atoms with Gasteiger partial charge in [-0.05, 0) is 32.3 Å². The molecule has 0 radical (unpaired) electrons. The van der Waals surface area contributed by atoms with Crippen molar-refractivity contribution in [2.24, 2.45) is 5.41 Å². The van der Waals surface area contributed by atoms with Crippen LogP contribution in [-0.4, -0.2) is 77.3 Å². The third-order valence-electron chi connectivity index (χ3n) is 7.62. The molecule has 3 aliphatic rings. The Hall–Kier alpha value is -3.40. The van der Waals surface area contributed by atoms with Crippen molar-refractivity contribution in [3.8, 4) is 5.88 Å². The van der Waals surface area contributed by atoms with Gasteiger partial charge in [0.15, 0.2) is 0 Å². The summed E-state index contributed by atoms with van der Waals surface area (Å²) >= 11 is 0. The molecule has 36 heavy (non-hydrogen) atoms. The van der Waals surface area contributed by atoms with Gasteiger partial charge in [0.25, 0.3) is 0 Å². The number of anilines is 1. The first-order chi connectivity index (χ1) is 17.3. The average Bonchev–Trinajstić information content (AvgIpc) is 2.81. The van der Waals surface area contributed by atoms with Gasteiger partial charge < -0.3 is 14.4 Å². The summed E-state index contributed by atoms with van der Waals surface area (Å²) < 4.78 is 11.1. The highest BCUT2D eigenvalue weighted by Gasteiger charge is 2.54. The van der Waals surface area contributed by atoms with Gasteiger partial charge >= 0.3 is 11.8 Å². The van der Waals surface area contributed by atoms with E-state index in [1.54, 1.807) is 4.90 Å². The fraction of sp³-hybridized carbons (Fsp3) is 0.538. The molecule has 10 heteroatoms. The Bertz CT molecular complexity index is 1100. The zero-order valence-electron chi connectivity index (χ0n) is 21.0. The molecule has 2 atom stereocenters. The number of aromatic nitrogens is 1. The molecular weight excluding hydrogens is 462 g/mol. The van der Waals surface area contributed by atoms with Crippen molar-refractivity contribution >= 4 is 17.6 Å². The quantitative estimate of drug-likeness (QED) is 0.442. The van der Waals surface area contributed by atoms with Gasteiger partial charge in [0.2, 0.25) is 11.7 Å². The van der Waals surface area contributed by atoms with E-state index in [4.69, 9.17) is 9.47 Å². The number of carbonyl (C=O) groups is 1. The molecule has 1 saturated carbocycles. The highest BCUT2D eigenvalue weighted by Crippen LogP contribution is 2.50. The number of piperazine rings is 1. The molecule has 1 amide bonds. The zero-order valence-corrected chi connectivity index (χ0v) is 21.0. The van der Waals surface area contributed by atoms with Crippen LogP contribution in [0.15, 0.2) is 42.5 Å². The first-order valence-electron chi connectivity index (χ1n) is 12.5. The lowest BCUT2D eigenvalue weighted by molar-refractivity contribution is -0.384. The Kier molecular flexibility index (Phi) is 6.46. The van der Waals surface area contributed by atoms with Crippen molar-refractivity contribution in [2.75, 3.05) is 38.2 Å². The number of nitro groups is 1. The van der Waals surface area contributed by atoms with Crippen LogP contribution < -0.4 is 9.64 Å². The SMILES string of the molecule is COc1ccc([N+](=O)[O-])c(N2C[C@@H](C)N(C(=O)OC3CC4(C3)CN(Cc3ccccc3)C4)[C@H](C)C2)n1. The Morgan fingerprint density at radius 2 is 1.78 bits per heavy atom. The number of rotatable bonds is 6. The summed E-state index contributed by atoms with van der Waals surface area (Å²) in [5, 5.41) is 11.6. The second-order valence-electron chi connectivity index (χ2n) is 10.5. The van der Waals surface area contributed by atoms with Crippen LogP contribution in [0.1, 0.15) is 32.3 Å². The van der Waals surface area contributed by atoms with E-state index in [0.717, 1.165) is 32.5 Å². The van der Waals surface area contributed by atoms with E-state index in [1.165, 1.54) is 24.8 Å². The Morgan fingerprint density at radius 3 is 2.39 bits per heavy atom. The molecule has 3 heterocycles. The maximum atomic E-state index is 13.1. The van der Waals surface area contributed by atoms with Crippen molar-refractivity contribution in [2.45, 2.75) is 51.4 Å². The van der Waals surface area contributed by atoms with Crippen LogP contribution in [0.25, 0.3) is 0 Å². The number of pyridine rings is 1. The molecule has 5 rings (SSSR count). The van der Waals surface area contributed by atoms with Gasteiger partial charge in [-0.15, -0.1) is 0 Å². The van der Waals surface area contributed by atoms with Crippen molar-refractivity contribution in [3.05, 3.63) is 58.1 Å². The predicted molar refractivity (Wildman–Crippen MR) is 134 cm³/mol. The molecule has 10 nitrogen and oxygen atoms in total. The molecular formula is C26H33N5O5. The zero-order chi connectivity index (χ0) is 25.4. The number of ether oxygens (including phenoxy) is 2. The molecule has 2 aliphatic heterocycles. The molecule has 1 aliphatic carbocycles. The monoisotopic (exact) mass is 495 g/mol. The standard InChI is InChI=1S/C26H33N5O5/c1-18-13-29(24-22(31(33)34)9-10-23(27-24)35-3)14-19(2)30(18)25(32)36-21-11-26(12-21)16-28(17-26)15-20-7-5-4-6-8-20/h4-10,18-19,21H,11-17H2,1-3H3/t18-,19-/m1/s1. The van der Waals surface area contributed by atoms with Crippen molar-refractivity contribution < 1.29 is 19.2 Å². The van der Waals surface area contributed by atoms with Crippen LogP contribution in [0.3, 0.4) is 0 Å². The van der Waals surface area contributed by atoms with E-state index in [-0.39, 0.29) is 41.2 Å². The number of benzene rings is 1. The minimum absolute atomic E-state index is 0.0463.